The summed E-state index contributed by atoms with van der Waals surface area (Å²) in [5.74, 6) is 0.482. The second-order valence-corrected chi connectivity index (χ2v) is 6.11. The molecule has 0 spiro atoms. The molecule has 1 aromatic carbocycles. The minimum Gasteiger partial charge on any atom is -0.487 e. The fourth-order valence-electron chi connectivity index (χ4n) is 2.55. The number of aromatic nitrogens is 1. The number of nitrogens with zero attached hydrogens (tertiary/aromatic N) is 2. The van der Waals surface area contributed by atoms with Crippen molar-refractivity contribution in [2.75, 3.05) is 18.1 Å². The third-order valence-electron chi connectivity index (χ3n) is 3.88. The lowest BCUT2D eigenvalue weighted by atomic mass is 10.1. The Hall–Kier alpha value is -2.52. The van der Waals surface area contributed by atoms with Crippen LogP contribution in [0.15, 0.2) is 36.5 Å². The predicted molar refractivity (Wildman–Crippen MR) is 89.7 cm³/mol. The Morgan fingerprint density at radius 3 is 2.70 bits per heavy atom. The molecule has 27 heavy (non-hydrogen) atoms. The van der Waals surface area contributed by atoms with Gasteiger partial charge in [0, 0.05) is 10.6 Å². The van der Waals surface area contributed by atoms with Gasteiger partial charge in [-0.1, -0.05) is 17.7 Å². The van der Waals surface area contributed by atoms with E-state index in [0.29, 0.717) is 0 Å². The van der Waals surface area contributed by atoms with Gasteiger partial charge in [0.2, 0.25) is 0 Å². The number of ether oxygens (including phenoxy) is 2. The zero-order valence-corrected chi connectivity index (χ0v) is 14.5. The molecule has 1 saturated heterocycles. The van der Waals surface area contributed by atoms with E-state index in [2.05, 4.69) is 4.98 Å². The average molecular weight is 403 g/mol. The van der Waals surface area contributed by atoms with Gasteiger partial charge in [-0.3, -0.25) is 4.90 Å². The van der Waals surface area contributed by atoms with E-state index in [1.807, 2.05) is 0 Å². The molecule has 2 heterocycles. The molecule has 1 fully saturated rings. The van der Waals surface area contributed by atoms with Gasteiger partial charge in [0.05, 0.1) is 24.9 Å². The molecule has 0 aliphatic carbocycles. The summed E-state index contributed by atoms with van der Waals surface area (Å²) in [5.41, 5.74) is -1.04. The molecule has 2 aromatic rings. The van der Waals surface area contributed by atoms with Crippen LogP contribution < -0.4 is 9.64 Å². The number of rotatable bonds is 5. The second kappa shape index (κ2) is 7.61. The molecule has 0 radical (unpaired) electrons. The number of carbonyl (C=O) groups is 1. The summed E-state index contributed by atoms with van der Waals surface area (Å²) in [4.78, 5) is 17.0. The number of halogens is 4. The summed E-state index contributed by atoms with van der Waals surface area (Å²) in [6, 6.07) is 6.44. The fraction of sp³-hybridized carbons (Fsp3) is 0.294. The van der Waals surface area contributed by atoms with Gasteiger partial charge >= 0.3 is 12.3 Å². The van der Waals surface area contributed by atoms with Crippen LogP contribution in [0.1, 0.15) is 11.1 Å². The third kappa shape index (κ3) is 4.25. The van der Waals surface area contributed by atoms with Gasteiger partial charge in [-0.2, -0.15) is 13.2 Å². The van der Waals surface area contributed by atoms with Crippen LogP contribution in [0, 0.1) is 0 Å². The fourth-order valence-corrected chi connectivity index (χ4v) is 2.78. The Balaban J connectivity index is 1.71. The molecule has 1 amide bonds. The maximum atomic E-state index is 13.1. The van der Waals surface area contributed by atoms with Crippen molar-refractivity contribution >= 4 is 23.5 Å². The molecule has 1 aliphatic heterocycles. The van der Waals surface area contributed by atoms with E-state index in [4.69, 9.17) is 26.2 Å². The number of amides is 1. The first kappa shape index (κ1) is 19.2. The van der Waals surface area contributed by atoms with Crippen molar-refractivity contribution in [3.05, 3.63) is 52.7 Å². The average Bonchev–Trinajstić information content (AvgIpc) is 3.01. The molecule has 1 aliphatic rings. The summed E-state index contributed by atoms with van der Waals surface area (Å²) in [6.07, 6.45) is -4.54. The van der Waals surface area contributed by atoms with Gasteiger partial charge in [-0.15, -0.1) is 0 Å². The molecule has 0 unspecified atom stereocenters. The quantitative estimate of drug-likeness (QED) is 0.826. The Bertz CT molecular complexity index is 830. The SMILES string of the molecule is O=C1O[C@H](CO)CN1c1ccc(OCc2c(Cl)cccc2C(F)(F)F)cn1. The van der Waals surface area contributed by atoms with Crippen molar-refractivity contribution in [1.29, 1.82) is 0 Å². The largest absolute Gasteiger partial charge is 0.487 e. The van der Waals surface area contributed by atoms with E-state index in [9.17, 15) is 18.0 Å². The molecule has 10 heteroatoms. The summed E-state index contributed by atoms with van der Waals surface area (Å²) in [5, 5.41) is 8.99. The Morgan fingerprint density at radius 2 is 2.11 bits per heavy atom. The van der Waals surface area contributed by atoms with Crippen LogP contribution in [0.25, 0.3) is 0 Å². The van der Waals surface area contributed by atoms with Crippen molar-refractivity contribution < 1.29 is 32.5 Å². The second-order valence-electron chi connectivity index (χ2n) is 5.70. The van der Waals surface area contributed by atoms with Crippen molar-refractivity contribution in [2.45, 2.75) is 18.9 Å². The van der Waals surface area contributed by atoms with Gasteiger partial charge in [0.25, 0.3) is 0 Å². The summed E-state index contributed by atoms with van der Waals surface area (Å²) < 4.78 is 49.5. The normalized spacial score (nSPS) is 17.1. The number of anilines is 1. The Labute approximate surface area is 157 Å². The lowest BCUT2D eigenvalue weighted by Crippen LogP contribution is -2.26. The predicted octanol–water partition coefficient (Wildman–Crippen LogP) is 3.65. The molecule has 144 valence electrons. The van der Waals surface area contributed by atoms with Gasteiger partial charge in [0.15, 0.2) is 0 Å². The number of aliphatic hydroxyl groups is 1. The van der Waals surface area contributed by atoms with Crippen LogP contribution in [-0.4, -0.2) is 35.4 Å². The number of pyridine rings is 1. The highest BCUT2D eigenvalue weighted by molar-refractivity contribution is 6.31. The van der Waals surface area contributed by atoms with Gasteiger partial charge < -0.3 is 14.6 Å². The Morgan fingerprint density at radius 1 is 1.33 bits per heavy atom. The van der Waals surface area contributed by atoms with E-state index >= 15 is 0 Å². The van der Waals surface area contributed by atoms with Crippen molar-refractivity contribution in [2.24, 2.45) is 0 Å². The van der Waals surface area contributed by atoms with Crippen LogP contribution in [0.3, 0.4) is 0 Å². The van der Waals surface area contributed by atoms with Crippen LogP contribution in [0.5, 0.6) is 5.75 Å². The van der Waals surface area contributed by atoms with Crippen LogP contribution in [-0.2, 0) is 17.5 Å². The van der Waals surface area contributed by atoms with Crippen LogP contribution in [0.4, 0.5) is 23.8 Å². The molecular weight excluding hydrogens is 389 g/mol. The number of alkyl halides is 3. The number of hydrogen-bond donors (Lipinski definition) is 1. The van der Waals surface area contributed by atoms with Crippen molar-refractivity contribution in [1.82, 2.24) is 4.98 Å². The van der Waals surface area contributed by atoms with Crippen molar-refractivity contribution in [3.63, 3.8) is 0 Å². The molecule has 6 nitrogen and oxygen atoms in total. The topological polar surface area (TPSA) is 71.9 Å². The molecule has 3 rings (SSSR count). The highest BCUT2D eigenvalue weighted by atomic mass is 35.5. The highest BCUT2D eigenvalue weighted by Gasteiger charge is 2.34. The molecule has 0 saturated carbocycles. The standard InChI is InChI=1S/C17H14ClF3N2O4/c18-14-3-1-2-13(17(19,20)21)12(14)9-26-10-4-5-15(22-6-10)23-7-11(8-24)27-16(23)25/h1-6,11,24H,7-9H2/t11-/m0/s1. The summed E-state index contributed by atoms with van der Waals surface area (Å²) >= 11 is 5.88. The highest BCUT2D eigenvalue weighted by Crippen LogP contribution is 2.35. The molecule has 1 N–H and O–H groups in total. The molecule has 0 bridgehead atoms. The number of aliphatic hydroxyl groups excluding tert-OH is 1. The van der Waals surface area contributed by atoms with Crippen LogP contribution in [0.2, 0.25) is 5.02 Å². The lowest BCUT2D eigenvalue weighted by Gasteiger charge is -2.15. The maximum Gasteiger partial charge on any atom is 0.416 e. The van der Waals surface area contributed by atoms with Gasteiger partial charge in [0.1, 0.15) is 24.3 Å². The molecular formula is C17H14ClF3N2O4. The monoisotopic (exact) mass is 402 g/mol. The molecule has 1 atom stereocenters. The lowest BCUT2D eigenvalue weighted by molar-refractivity contribution is -0.138. The number of cyclic esters (lactones) is 1. The summed E-state index contributed by atoms with van der Waals surface area (Å²) in [7, 11) is 0. The van der Waals surface area contributed by atoms with E-state index in [-0.39, 0.29) is 35.3 Å². The van der Waals surface area contributed by atoms with E-state index in [1.54, 1.807) is 0 Å². The third-order valence-corrected chi connectivity index (χ3v) is 4.24. The minimum absolute atomic E-state index is 0.0516. The van der Waals surface area contributed by atoms with Crippen LogP contribution >= 0.6 is 11.6 Å². The zero-order chi connectivity index (χ0) is 19.6. The number of benzene rings is 1. The number of hydrogen-bond acceptors (Lipinski definition) is 5. The Kier molecular flexibility index (Phi) is 5.43. The van der Waals surface area contributed by atoms with Crippen molar-refractivity contribution in [3.8, 4) is 5.75 Å². The first-order valence-corrected chi connectivity index (χ1v) is 8.20. The minimum atomic E-state index is -4.55. The summed E-state index contributed by atoms with van der Waals surface area (Å²) in [6.45, 7) is -0.548. The first-order chi connectivity index (χ1) is 12.8. The van der Waals surface area contributed by atoms with Gasteiger partial charge in [-0.05, 0) is 24.3 Å². The van der Waals surface area contributed by atoms with E-state index < -0.39 is 30.5 Å². The smallest absolute Gasteiger partial charge is 0.416 e. The maximum absolute atomic E-state index is 13.1. The number of carbonyl (C=O) groups excluding carboxylic acids is 1. The van der Waals surface area contributed by atoms with Gasteiger partial charge in [-0.25, -0.2) is 9.78 Å². The molecule has 1 aromatic heterocycles. The van der Waals surface area contributed by atoms with E-state index in [1.165, 1.54) is 35.4 Å². The first-order valence-electron chi connectivity index (χ1n) is 7.82. The zero-order valence-electron chi connectivity index (χ0n) is 13.7. The van der Waals surface area contributed by atoms with E-state index in [0.717, 1.165) is 6.07 Å².